The van der Waals surface area contributed by atoms with Crippen LogP contribution in [0.3, 0.4) is 0 Å². The number of rotatable bonds is 5. The summed E-state index contributed by atoms with van der Waals surface area (Å²) in [5, 5.41) is 3.26. The van der Waals surface area contributed by atoms with E-state index in [1.54, 1.807) is 6.07 Å². The van der Waals surface area contributed by atoms with Crippen LogP contribution in [0.15, 0.2) is 24.3 Å². The van der Waals surface area contributed by atoms with Crippen molar-refractivity contribution >= 4 is 0 Å². The lowest BCUT2D eigenvalue weighted by molar-refractivity contribution is -0.137. The molecule has 96 valence electrons. The summed E-state index contributed by atoms with van der Waals surface area (Å²) >= 11 is 0. The molecule has 0 spiro atoms. The summed E-state index contributed by atoms with van der Waals surface area (Å²) in [5.74, 6) is 0. The van der Waals surface area contributed by atoms with Crippen LogP contribution >= 0.6 is 0 Å². The molecule has 0 bridgehead atoms. The topological polar surface area (TPSA) is 12.0 Å². The molecular formula is C13H18F3N. The molecule has 0 aliphatic carbocycles. The van der Waals surface area contributed by atoms with E-state index >= 15 is 0 Å². The Morgan fingerprint density at radius 3 is 2.59 bits per heavy atom. The van der Waals surface area contributed by atoms with E-state index in [2.05, 4.69) is 12.2 Å². The average molecular weight is 245 g/mol. The molecular weight excluding hydrogens is 227 g/mol. The molecule has 0 heterocycles. The summed E-state index contributed by atoms with van der Waals surface area (Å²) in [6.45, 7) is 4.93. The molecule has 0 aromatic heterocycles. The van der Waals surface area contributed by atoms with E-state index in [0.717, 1.165) is 24.6 Å². The fraction of sp³-hybridized carbons (Fsp3) is 0.538. The predicted octanol–water partition coefficient (Wildman–Crippen LogP) is 3.64. The molecule has 1 N–H and O–H groups in total. The lowest BCUT2D eigenvalue weighted by Gasteiger charge is -2.14. The van der Waals surface area contributed by atoms with Gasteiger partial charge in [-0.1, -0.05) is 25.1 Å². The number of halogens is 3. The molecule has 0 saturated carbocycles. The Kier molecular flexibility index (Phi) is 5.00. The monoisotopic (exact) mass is 245 g/mol. The fourth-order valence-corrected chi connectivity index (χ4v) is 1.69. The van der Waals surface area contributed by atoms with Crippen molar-refractivity contribution in [2.24, 2.45) is 0 Å². The maximum atomic E-state index is 12.5. The first-order valence-electron chi connectivity index (χ1n) is 5.83. The Balaban J connectivity index is 2.66. The van der Waals surface area contributed by atoms with E-state index in [9.17, 15) is 13.2 Å². The average Bonchev–Trinajstić information content (AvgIpc) is 2.25. The molecule has 17 heavy (non-hydrogen) atoms. The van der Waals surface area contributed by atoms with Crippen molar-refractivity contribution in [3.63, 3.8) is 0 Å². The molecule has 1 rings (SSSR count). The molecule has 0 aliphatic heterocycles. The highest BCUT2D eigenvalue weighted by molar-refractivity contribution is 5.26. The summed E-state index contributed by atoms with van der Waals surface area (Å²) in [6.07, 6.45) is -2.62. The number of hydrogen-bond acceptors (Lipinski definition) is 1. The van der Waals surface area contributed by atoms with Crippen LogP contribution in [0, 0.1) is 0 Å². The van der Waals surface area contributed by atoms with Crippen LogP contribution < -0.4 is 5.32 Å². The van der Waals surface area contributed by atoms with E-state index in [-0.39, 0.29) is 6.04 Å². The van der Waals surface area contributed by atoms with Crippen LogP contribution in [0.1, 0.15) is 31.4 Å². The maximum Gasteiger partial charge on any atom is 0.416 e. The van der Waals surface area contributed by atoms with E-state index in [1.165, 1.54) is 12.1 Å². The Morgan fingerprint density at radius 2 is 2.00 bits per heavy atom. The second-order valence-corrected chi connectivity index (χ2v) is 4.26. The molecule has 1 aromatic carbocycles. The number of hydrogen-bond donors (Lipinski definition) is 1. The van der Waals surface area contributed by atoms with Gasteiger partial charge < -0.3 is 5.32 Å². The van der Waals surface area contributed by atoms with E-state index in [1.807, 2.05) is 6.92 Å². The Hall–Kier alpha value is -1.03. The van der Waals surface area contributed by atoms with Crippen molar-refractivity contribution in [1.82, 2.24) is 5.32 Å². The van der Waals surface area contributed by atoms with E-state index in [0.29, 0.717) is 6.42 Å². The minimum atomic E-state index is -4.25. The van der Waals surface area contributed by atoms with Gasteiger partial charge in [-0.25, -0.2) is 0 Å². The minimum absolute atomic E-state index is 0.193. The number of nitrogens with one attached hydrogen (secondary N) is 1. The third-order valence-corrected chi connectivity index (χ3v) is 2.54. The molecule has 1 nitrogen and oxygen atoms in total. The summed E-state index contributed by atoms with van der Waals surface area (Å²) < 4.78 is 37.5. The predicted molar refractivity (Wildman–Crippen MR) is 62.9 cm³/mol. The van der Waals surface area contributed by atoms with Gasteiger partial charge in [0.1, 0.15) is 0 Å². The fourth-order valence-electron chi connectivity index (χ4n) is 1.69. The van der Waals surface area contributed by atoms with Crippen LogP contribution in [0.2, 0.25) is 0 Å². The number of alkyl halides is 3. The van der Waals surface area contributed by atoms with Crippen molar-refractivity contribution in [3.05, 3.63) is 35.4 Å². The summed E-state index contributed by atoms with van der Waals surface area (Å²) in [7, 11) is 0. The molecule has 1 unspecified atom stereocenters. The summed E-state index contributed by atoms with van der Waals surface area (Å²) in [4.78, 5) is 0. The zero-order valence-electron chi connectivity index (χ0n) is 10.1. The SMILES string of the molecule is CCCNC(C)Cc1cccc(C(F)(F)F)c1. The van der Waals surface area contributed by atoms with Crippen molar-refractivity contribution in [3.8, 4) is 0 Å². The van der Waals surface area contributed by atoms with Crippen molar-refractivity contribution in [1.29, 1.82) is 0 Å². The molecule has 1 aromatic rings. The third kappa shape index (κ3) is 4.77. The Bertz CT molecular complexity index is 347. The molecule has 1 atom stereocenters. The van der Waals surface area contributed by atoms with Gasteiger partial charge in [-0.3, -0.25) is 0 Å². The largest absolute Gasteiger partial charge is 0.416 e. The van der Waals surface area contributed by atoms with Gasteiger partial charge in [0.15, 0.2) is 0 Å². The first kappa shape index (κ1) is 14.0. The van der Waals surface area contributed by atoms with Crippen LogP contribution in [0.25, 0.3) is 0 Å². The van der Waals surface area contributed by atoms with Gasteiger partial charge in [0, 0.05) is 6.04 Å². The lowest BCUT2D eigenvalue weighted by Crippen LogP contribution is -2.28. The molecule has 0 radical (unpaired) electrons. The normalized spacial score (nSPS) is 13.7. The van der Waals surface area contributed by atoms with Crippen molar-refractivity contribution < 1.29 is 13.2 Å². The van der Waals surface area contributed by atoms with Gasteiger partial charge in [-0.2, -0.15) is 13.2 Å². The Labute approximate surface area is 100 Å². The second kappa shape index (κ2) is 6.05. The molecule has 0 saturated heterocycles. The van der Waals surface area contributed by atoms with Gasteiger partial charge in [0.05, 0.1) is 5.56 Å². The second-order valence-electron chi connectivity index (χ2n) is 4.26. The lowest BCUT2D eigenvalue weighted by atomic mass is 10.0. The van der Waals surface area contributed by atoms with Crippen molar-refractivity contribution in [2.45, 2.75) is 38.9 Å². The van der Waals surface area contributed by atoms with Crippen molar-refractivity contribution in [2.75, 3.05) is 6.54 Å². The van der Waals surface area contributed by atoms with E-state index in [4.69, 9.17) is 0 Å². The summed E-state index contributed by atoms with van der Waals surface area (Å²) in [6, 6.07) is 5.72. The van der Waals surface area contributed by atoms with Gasteiger partial charge in [0.2, 0.25) is 0 Å². The number of benzene rings is 1. The summed E-state index contributed by atoms with van der Waals surface area (Å²) in [5.41, 5.74) is 0.147. The zero-order valence-corrected chi connectivity index (χ0v) is 10.1. The zero-order chi connectivity index (χ0) is 12.9. The molecule has 0 amide bonds. The van der Waals surface area contributed by atoms with Crippen LogP contribution in [0.5, 0.6) is 0 Å². The van der Waals surface area contributed by atoms with Gasteiger partial charge in [-0.05, 0) is 37.9 Å². The van der Waals surface area contributed by atoms with Crippen LogP contribution in [-0.2, 0) is 12.6 Å². The first-order chi connectivity index (χ1) is 7.93. The van der Waals surface area contributed by atoms with Gasteiger partial charge in [0.25, 0.3) is 0 Å². The maximum absolute atomic E-state index is 12.5. The third-order valence-electron chi connectivity index (χ3n) is 2.54. The van der Waals surface area contributed by atoms with Gasteiger partial charge >= 0.3 is 6.18 Å². The first-order valence-corrected chi connectivity index (χ1v) is 5.83. The minimum Gasteiger partial charge on any atom is -0.314 e. The highest BCUT2D eigenvalue weighted by atomic mass is 19.4. The quantitative estimate of drug-likeness (QED) is 0.835. The molecule has 0 aliphatic rings. The van der Waals surface area contributed by atoms with Crippen LogP contribution in [-0.4, -0.2) is 12.6 Å². The molecule has 4 heteroatoms. The Morgan fingerprint density at radius 1 is 1.29 bits per heavy atom. The smallest absolute Gasteiger partial charge is 0.314 e. The highest BCUT2D eigenvalue weighted by Gasteiger charge is 2.30. The highest BCUT2D eigenvalue weighted by Crippen LogP contribution is 2.29. The van der Waals surface area contributed by atoms with Gasteiger partial charge in [-0.15, -0.1) is 0 Å². The van der Waals surface area contributed by atoms with E-state index < -0.39 is 11.7 Å². The standard InChI is InChI=1S/C13H18F3N/c1-3-7-17-10(2)8-11-5-4-6-12(9-11)13(14,15)16/h4-6,9-10,17H,3,7-8H2,1-2H3. The molecule has 0 fully saturated rings. The van der Waals surface area contributed by atoms with Crippen LogP contribution in [0.4, 0.5) is 13.2 Å².